The molecular weight excluding hydrogens is 462 g/mol. The number of nitrogens with zero attached hydrogens (tertiary/aromatic N) is 3. The van der Waals surface area contributed by atoms with Crippen molar-refractivity contribution in [2.75, 3.05) is 31.6 Å². The van der Waals surface area contributed by atoms with Crippen molar-refractivity contribution in [3.8, 4) is 0 Å². The number of alkyl halides is 2. The number of halogens is 3. The van der Waals surface area contributed by atoms with Gasteiger partial charge < -0.3 is 15.0 Å². The Bertz CT molecular complexity index is 872. The molecule has 0 atom stereocenters. The van der Waals surface area contributed by atoms with Gasteiger partial charge in [0, 0.05) is 37.7 Å². The second kappa shape index (κ2) is 15.6. The topological polar surface area (TPSA) is 67.4 Å². The van der Waals surface area contributed by atoms with Crippen LogP contribution >= 0.6 is 11.6 Å². The predicted molar refractivity (Wildman–Crippen MR) is 134 cm³/mol. The van der Waals surface area contributed by atoms with Crippen LogP contribution in [0.25, 0.3) is 0 Å². The molecule has 9 heteroatoms. The smallest absolute Gasteiger partial charge is 0.270 e. The molecule has 2 aromatic rings. The Labute approximate surface area is 207 Å². The lowest BCUT2D eigenvalue weighted by Gasteiger charge is -2.21. The highest BCUT2D eigenvalue weighted by molar-refractivity contribution is 6.28. The lowest BCUT2D eigenvalue weighted by Crippen LogP contribution is -2.34. The number of benzene rings is 1. The zero-order valence-electron chi connectivity index (χ0n) is 20.8. The van der Waals surface area contributed by atoms with E-state index >= 15 is 0 Å². The van der Waals surface area contributed by atoms with Gasteiger partial charge in [-0.05, 0) is 36.1 Å². The van der Waals surface area contributed by atoms with Gasteiger partial charge in [-0.2, -0.15) is 0 Å². The molecule has 1 aliphatic heterocycles. The van der Waals surface area contributed by atoms with E-state index in [4.69, 9.17) is 16.3 Å². The number of aryl methyl sites for hydroxylation is 1. The summed E-state index contributed by atoms with van der Waals surface area (Å²) in [7, 11) is 0. The largest absolute Gasteiger partial charge is 0.378 e. The molecular formula is C25H37ClF2N4O2. The lowest BCUT2D eigenvalue weighted by atomic mass is 10.1. The molecule has 0 saturated carbocycles. The number of carbonyl (C=O) groups is 1. The second-order valence-electron chi connectivity index (χ2n) is 7.57. The third-order valence-corrected chi connectivity index (χ3v) is 5.16. The van der Waals surface area contributed by atoms with Crippen molar-refractivity contribution >= 4 is 23.8 Å². The fourth-order valence-electron chi connectivity index (χ4n) is 3.28. The minimum atomic E-state index is -2.85. The van der Waals surface area contributed by atoms with E-state index in [9.17, 15) is 13.6 Å². The van der Waals surface area contributed by atoms with E-state index in [0.717, 1.165) is 62.5 Å². The van der Waals surface area contributed by atoms with Crippen LogP contribution < -0.4 is 5.32 Å². The molecule has 190 valence electrons. The third-order valence-electron chi connectivity index (χ3n) is 4.99. The second-order valence-corrected chi connectivity index (χ2v) is 7.90. The van der Waals surface area contributed by atoms with Crippen molar-refractivity contribution in [2.45, 2.75) is 66.3 Å². The molecule has 0 bridgehead atoms. The number of hydrogen-bond donors (Lipinski definition) is 1. The van der Waals surface area contributed by atoms with Gasteiger partial charge in [-0.1, -0.05) is 52.3 Å². The minimum Gasteiger partial charge on any atom is -0.378 e. The van der Waals surface area contributed by atoms with E-state index in [1.54, 1.807) is 11.0 Å². The van der Waals surface area contributed by atoms with Gasteiger partial charge in [0.05, 0.1) is 18.9 Å². The summed E-state index contributed by atoms with van der Waals surface area (Å²) < 4.78 is 31.9. The molecule has 6 nitrogen and oxygen atoms in total. The Kier molecular flexibility index (Phi) is 13.6. The first-order valence-electron chi connectivity index (χ1n) is 11.8. The molecule has 1 aromatic carbocycles. The summed E-state index contributed by atoms with van der Waals surface area (Å²) in [5.74, 6) is -2.17. The maximum absolute atomic E-state index is 13.4. The van der Waals surface area contributed by atoms with E-state index in [0.29, 0.717) is 25.6 Å². The van der Waals surface area contributed by atoms with Gasteiger partial charge in [-0.15, -0.1) is 0 Å². The SMILES string of the molecule is CC.CCCc1nc(Cl)nc(NCc2cccc(C(C)(F)F)c2)c1CC.O=CN1CCOCC1. The standard InChI is InChI=1S/C18H22ClF2N3.C5H9NO2.C2H6/c1-4-7-15-14(5-2)16(24-17(19)23-15)22-11-12-8-6-9-13(10-12)18(3,20)21;7-5-6-1-3-8-4-2-6;1-2/h6,8-10H,4-5,7,11H2,1-3H3,(H,22,23,24);5H,1-4H2;1-2H3. The first-order chi connectivity index (χ1) is 16.3. The number of amides is 1. The third kappa shape index (κ3) is 9.89. The van der Waals surface area contributed by atoms with Crippen molar-refractivity contribution in [1.82, 2.24) is 14.9 Å². The number of nitrogens with one attached hydrogen (secondary N) is 1. The van der Waals surface area contributed by atoms with Gasteiger partial charge >= 0.3 is 0 Å². The molecule has 0 unspecified atom stereocenters. The van der Waals surface area contributed by atoms with Gasteiger partial charge in [0.2, 0.25) is 11.7 Å². The molecule has 34 heavy (non-hydrogen) atoms. The van der Waals surface area contributed by atoms with Gasteiger partial charge in [-0.3, -0.25) is 4.79 Å². The van der Waals surface area contributed by atoms with Crippen LogP contribution in [0.2, 0.25) is 5.28 Å². The van der Waals surface area contributed by atoms with Crippen LogP contribution in [0.15, 0.2) is 24.3 Å². The van der Waals surface area contributed by atoms with E-state index in [1.807, 2.05) is 26.8 Å². The highest BCUT2D eigenvalue weighted by Gasteiger charge is 2.24. The summed E-state index contributed by atoms with van der Waals surface area (Å²) in [5.41, 5.74) is 2.74. The predicted octanol–water partition coefficient (Wildman–Crippen LogP) is 5.87. The number of aromatic nitrogens is 2. The molecule has 1 N–H and O–H groups in total. The first kappa shape index (κ1) is 29.7. The van der Waals surface area contributed by atoms with Gasteiger partial charge in [-0.25, -0.2) is 18.7 Å². The summed E-state index contributed by atoms with van der Waals surface area (Å²) in [5, 5.41) is 3.42. The van der Waals surface area contributed by atoms with E-state index in [1.165, 1.54) is 12.1 Å². The summed E-state index contributed by atoms with van der Waals surface area (Å²) in [6.07, 6.45) is 3.44. The molecule has 1 aromatic heterocycles. The fourth-order valence-corrected chi connectivity index (χ4v) is 3.47. The average molecular weight is 499 g/mol. The molecule has 0 aliphatic carbocycles. The summed E-state index contributed by atoms with van der Waals surface area (Å²) in [4.78, 5) is 20.3. The summed E-state index contributed by atoms with van der Waals surface area (Å²) in [6, 6.07) is 6.39. The number of rotatable bonds is 8. The van der Waals surface area contributed by atoms with E-state index in [2.05, 4.69) is 22.2 Å². The van der Waals surface area contributed by atoms with Crippen molar-refractivity contribution in [1.29, 1.82) is 0 Å². The van der Waals surface area contributed by atoms with Crippen LogP contribution in [-0.2, 0) is 34.8 Å². The zero-order chi connectivity index (χ0) is 25.6. The Morgan fingerprint density at radius 3 is 2.41 bits per heavy atom. The quantitative estimate of drug-likeness (QED) is 0.364. The molecule has 1 fully saturated rings. The molecule has 1 aliphatic rings. The molecule has 0 radical (unpaired) electrons. The average Bonchev–Trinajstić information content (AvgIpc) is 2.84. The van der Waals surface area contributed by atoms with Crippen LogP contribution in [-0.4, -0.2) is 47.6 Å². The summed E-state index contributed by atoms with van der Waals surface area (Å²) in [6.45, 7) is 12.3. The number of anilines is 1. The van der Waals surface area contributed by atoms with Crippen LogP contribution in [0.5, 0.6) is 0 Å². The highest BCUT2D eigenvalue weighted by Crippen LogP contribution is 2.28. The molecule has 0 spiro atoms. The molecule has 1 saturated heterocycles. The van der Waals surface area contributed by atoms with Crippen LogP contribution in [0, 0.1) is 0 Å². The minimum absolute atomic E-state index is 0.00454. The Morgan fingerprint density at radius 2 is 1.88 bits per heavy atom. The Morgan fingerprint density at radius 1 is 1.21 bits per heavy atom. The molecule has 2 heterocycles. The van der Waals surface area contributed by atoms with Gasteiger partial charge in [0.25, 0.3) is 5.92 Å². The van der Waals surface area contributed by atoms with E-state index in [-0.39, 0.29) is 10.8 Å². The Balaban J connectivity index is 0.000000483. The van der Waals surface area contributed by atoms with Crippen LogP contribution in [0.1, 0.15) is 63.4 Å². The number of ether oxygens (including phenoxy) is 1. The molecule has 3 rings (SSSR count). The molecule has 1 amide bonds. The van der Waals surface area contributed by atoms with Gasteiger partial charge in [0.15, 0.2) is 0 Å². The first-order valence-corrected chi connectivity index (χ1v) is 12.2. The van der Waals surface area contributed by atoms with Gasteiger partial charge in [0.1, 0.15) is 5.82 Å². The Hall–Kier alpha value is -2.32. The van der Waals surface area contributed by atoms with Crippen molar-refractivity contribution in [3.05, 3.63) is 51.9 Å². The number of morpholine rings is 1. The maximum atomic E-state index is 13.4. The fraction of sp³-hybridized carbons (Fsp3) is 0.560. The lowest BCUT2D eigenvalue weighted by molar-refractivity contribution is -0.121. The van der Waals surface area contributed by atoms with Crippen molar-refractivity contribution in [2.24, 2.45) is 0 Å². The van der Waals surface area contributed by atoms with E-state index < -0.39 is 5.92 Å². The number of carbonyl (C=O) groups excluding carboxylic acids is 1. The summed E-state index contributed by atoms with van der Waals surface area (Å²) >= 11 is 6.02. The van der Waals surface area contributed by atoms with Crippen molar-refractivity contribution in [3.63, 3.8) is 0 Å². The van der Waals surface area contributed by atoms with Crippen molar-refractivity contribution < 1.29 is 18.3 Å². The zero-order valence-corrected chi connectivity index (χ0v) is 21.6. The monoisotopic (exact) mass is 498 g/mol. The number of hydrogen-bond acceptors (Lipinski definition) is 5. The maximum Gasteiger partial charge on any atom is 0.270 e. The van der Waals surface area contributed by atoms with Crippen LogP contribution in [0.3, 0.4) is 0 Å². The highest BCUT2D eigenvalue weighted by atomic mass is 35.5. The van der Waals surface area contributed by atoms with Crippen LogP contribution in [0.4, 0.5) is 14.6 Å². The normalized spacial score (nSPS) is 13.2.